The highest BCUT2D eigenvalue weighted by molar-refractivity contribution is 7.89. The second kappa shape index (κ2) is 5.16. The van der Waals surface area contributed by atoms with Crippen LogP contribution < -0.4 is 10.5 Å². The molecule has 19 heavy (non-hydrogen) atoms. The number of aromatic amines is 1. The zero-order valence-electron chi connectivity index (χ0n) is 9.52. The van der Waals surface area contributed by atoms with E-state index in [-0.39, 0.29) is 17.3 Å². The minimum atomic E-state index is -4.05. The maximum Gasteiger partial charge on any atom is 0.243 e. The molecule has 102 valence electrons. The SMILES string of the molecule is Nc1cc(Cl)cc(S(=O)(=O)NCc2cnc[nH]2)c1F. The molecule has 1 aromatic carbocycles. The van der Waals surface area contributed by atoms with Gasteiger partial charge in [-0.3, -0.25) is 0 Å². The summed E-state index contributed by atoms with van der Waals surface area (Å²) < 4.78 is 39.8. The number of hydrogen-bond acceptors (Lipinski definition) is 4. The van der Waals surface area contributed by atoms with Gasteiger partial charge in [-0.15, -0.1) is 0 Å². The molecule has 0 spiro atoms. The molecule has 2 aromatic rings. The number of aromatic nitrogens is 2. The van der Waals surface area contributed by atoms with Crippen LogP contribution in [-0.4, -0.2) is 18.4 Å². The Morgan fingerprint density at radius 3 is 2.84 bits per heavy atom. The summed E-state index contributed by atoms with van der Waals surface area (Å²) in [5.74, 6) is -1.03. The predicted molar refractivity (Wildman–Crippen MR) is 68.4 cm³/mol. The number of hydrogen-bond donors (Lipinski definition) is 3. The summed E-state index contributed by atoms with van der Waals surface area (Å²) in [5, 5.41) is 0.0424. The number of rotatable bonds is 4. The van der Waals surface area contributed by atoms with Crippen molar-refractivity contribution in [3.63, 3.8) is 0 Å². The van der Waals surface area contributed by atoms with Gasteiger partial charge in [0.2, 0.25) is 10.0 Å². The third-order valence-electron chi connectivity index (χ3n) is 2.33. The zero-order valence-corrected chi connectivity index (χ0v) is 11.1. The van der Waals surface area contributed by atoms with E-state index in [9.17, 15) is 12.8 Å². The Labute approximate surface area is 113 Å². The summed E-state index contributed by atoms with van der Waals surface area (Å²) >= 11 is 5.67. The van der Waals surface area contributed by atoms with Crippen LogP contribution in [0, 0.1) is 5.82 Å². The molecule has 0 aliphatic carbocycles. The molecule has 0 bridgehead atoms. The van der Waals surface area contributed by atoms with Crippen molar-refractivity contribution in [3.8, 4) is 0 Å². The van der Waals surface area contributed by atoms with Crippen LogP contribution in [0.15, 0.2) is 29.6 Å². The van der Waals surface area contributed by atoms with Crippen LogP contribution >= 0.6 is 11.6 Å². The Balaban J connectivity index is 2.29. The maximum atomic E-state index is 13.7. The molecule has 1 aromatic heterocycles. The summed E-state index contributed by atoms with van der Waals surface area (Å²) in [7, 11) is -4.05. The number of nitrogen functional groups attached to an aromatic ring is 1. The fourth-order valence-electron chi connectivity index (χ4n) is 1.41. The van der Waals surface area contributed by atoms with Gasteiger partial charge in [-0.1, -0.05) is 11.6 Å². The molecule has 4 N–H and O–H groups in total. The van der Waals surface area contributed by atoms with Crippen molar-refractivity contribution in [1.29, 1.82) is 0 Å². The van der Waals surface area contributed by atoms with Gasteiger partial charge in [0, 0.05) is 16.9 Å². The Morgan fingerprint density at radius 2 is 2.21 bits per heavy atom. The second-order valence-electron chi connectivity index (χ2n) is 3.71. The highest BCUT2D eigenvalue weighted by Crippen LogP contribution is 2.25. The normalized spacial score (nSPS) is 11.7. The van der Waals surface area contributed by atoms with E-state index in [1.165, 1.54) is 12.5 Å². The average Bonchev–Trinajstić information content (AvgIpc) is 2.84. The van der Waals surface area contributed by atoms with Crippen molar-refractivity contribution in [1.82, 2.24) is 14.7 Å². The van der Waals surface area contributed by atoms with Gasteiger partial charge in [-0.25, -0.2) is 22.5 Å². The Morgan fingerprint density at radius 1 is 1.47 bits per heavy atom. The van der Waals surface area contributed by atoms with E-state index in [4.69, 9.17) is 17.3 Å². The molecule has 0 amide bonds. The topological polar surface area (TPSA) is 101 Å². The number of nitrogens with two attached hydrogens (primary N) is 1. The number of halogens is 2. The van der Waals surface area contributed by atoms with Crippen LogP contribution in [0.2, 0.25) is 5.02 Å². The van der Waals surface area contributed by atoms with E-state index < -0.39 is 20.7 Å². The van der Waals surface area contributed by atoms with Gasteiger partial charge in [0.05, 0.1) is 18.6 Å². The molecular formula is C10H10ClFN4O2S. The minimum Gasteiger partial charge on any atom is -0.396 e. The standard InChI is InChI=1S/C10H10ClFN4O2S/c11-6-1-8(13)10(12)9(2-6)19(17,18)16-4-7-3-14-5-15-7/h1-3,5,16H,4,13H2,(H,14,15). The number of imidazole rings is 1. The van der Waals surface area contributed by atoms with Gasteiger partial charge < -0.3 is 10.7 Å². The first-order chi connectivity index (χ1) is 8.90. The quantitative estimate of drug-likeness (QED) is 0.740. The average molecular weight is 305 g/mol. The van der Waals surface area contributed by atoms with Crippen LogP contribution in [0.4, 0.5) is 10.1 Å². The molecule has 6 nitrogen and oxygen atoms in total. The summed E-state index contributed by atoms with van der Waals surface area (Å²) in [5.41, 5.74) is 5.56. The highest BCUT2D eigenvalue weighted by Gasteiger charge is 2.21. The third-order valence-corrected chi connectivity index (χ3v) is 3.95. The molecule has 0 radical (unpaired) electrons. The molecule has 0 saturated carbocycles. The number of nitrogens with one attached hydrogen (secondary N) is 2. The summed E-state index contributed by atoms with van der Waals surface area (Å²) in [6, 6.07) is 2.15. The van der Waals surface area contributed by atoms with E-state index in [0.717, 1.165) is 12.1 Å². The zero-order chi connectivity index (χ0) is 14.0. The highest BCUT2D eigenvalue weighted by atomic mass is 35.5. The van der Waals surface area contributed by atoms with Crippen molar-refractivity contribution in [2.24, 2.45) is 0 Å². The molecule has 0 saturated heterocycles. The first-order valence-corrected chi connectivity index (χ1v) is 6.97. The van der Waals surface area contributed by atoms with Crippen LogP contribution in [0.25, 0.3) is 0 Å². The number of benzene rings is 1. The summed E-state index contributed by atoms with van der Waals surface area (Å²) in [6.45, 7) is -0.0474. The van der Waals surface area contributed by atoms with E-state index in [0.29, 0.717) is 5.69 Å². The molecule has 9 heteroatoms. The smallest absolute Gasteiger partial charge is 0.243 e. The summed E-state index contributed by atoms with van der Waals surface area (Å²) in [4.78, 5) is 5.87. The lowest BCUT2D eigenvalue weighted by molar-refractivity contribution is 0.558. The Kier molecular flexibility index (Phi) is 3.74. The second-order valence-corrected chi connectivity index (χ2v) is 5.88. The lowest BCUT2D eigenvalue weighted by Crippen LogP contribution is -2.24. The fraction of sp³-hybridized carbons (Fsp3) is 0.100. The van der Waals surface area contributed by atoms with Crippen molar-refractivity contribution in [2.45, 2.75) is 11.4 Å². The van der Waals surface area contributed by atoms with Crippen molar-refractivity contribution in [3.05, 3.63) is 41.2 Å². The van der Waals surface area contributed by atoms with Crippen molar-refractivity contribution >= 4 is 27.3 Å². The first-order valence-electron chi connectivity index (χ1n) is 5.11. The van der Waals surface area contributed by atoms with Crippen LogP contribution in [0.1, 0.15) is 5.69 Å². The molecule has 2 rings (SSSR count). The van der Waals surface area contributed by atoms with Crippen molar-refractivity contribution in [2.75, 3.05) is 5.73 Å². The van der Waals surface area contributed by atoms with Gasteiger partial charge in [0.1, 0.15) is 4.90 Å². The third kappa shape index (κ3) is 3.03. The first kappa shape index (κ1) is 13.8. The largest absolute Gasteiger partial charge is 0.396 e. The number of anilines is 1. The van der Waals surface area contributed by atoms with Crippen LogP contribution in [0.3, 0.4) is 0 Å². The van der Waals surface area contributed by atoms with Gasteiger partial charge in [0.15, 0.2) is 5.82 Å². The van der Waals surface area contributed by atoms with Gasteiger partial charge >= 0.3 is 0 Å². The Bertz CT molecular complexity index is 688. The molecule has 1 heterocycles. The van der Waals surface area contributed by atoms with E-state index in [2.05, 4.69) is 14.7 Å². The van der Waals surface area contributed by atoms with E-state index >= 15 is 0 Å². The van der Waals surface area contributed by atoms with Gasteiger partial charge in [0.25, 0.3) is 0 Å². The molecule has 0 aliphatic rings. The lowest BCUT2D eigenvalue weighted by Gasteiger charge is -2.08. The van der Waals surface area contributed by atoms with Gasteiger partial charge in [-0.05, 0) is 12.1 Å². The Hall–Kier alpha value is -1.64. The van der Waals surface area contributed by atoms with Gasteiger partial charge in [-0.2, -0.15) is 0 Å². The molecule has 0 atom stereocenters. The number of H-pyrrole nitrogens is 1. The van der Waals surface area contributed by atoms with E-state index in [1.54, 1.807) is 0 Å². The molecule has 0 unspecified atom stereocenters. The number of nitrogens with zero attached hydrogens (tertiary/aromatic N) is 1. The lowest BCUT2D eigenvalue weighted by atomic mass is 10.3. The monoisotopic (exact) mass is 304 g/mol. The molecular weight excluding hydrogens is 295 g/mol. The van der Waals surface area contributed by atoms with E-state index in [1.807, 2.05) is 0 Å². The van der Waals surface area contributed by atoms with Crippen molar-refractivity contribution < 1.29 is 12.8 Å². The minimum absolute atomic E-state index is 0.0424. The van der Waals surface area contributed by atoms with Crippen LogP contribution in [-0.2, 0) is 16.6 Å². The molecule has 0 fully saturated rings. The maximum absolute atomic E-state index is 13.7. The van der Waals surface area contributed by atoms with Crippen LogP contribution in [0.5, 0.6) is 0 Å². The number of sulfonamides is 1. The fourth-order valence-corrected chi connectivity index (χ4v) is 2.84. The molecule has 0 aliphatic heterocycles. The summed E-state index contributed by atoms with van der Waals surface area (Å²) in [6.07, 6.45) is 2.85. The predicted octanol–water partition coefficient (Wildman–Crippen LogP) is 1.26.